The molecule has 9 rings (SSSR count). The summed E-state index contributed by atoms with van der Waals surface area (Å²) in [6.45, 7) is 10.5. The summed E-state index contributed by atoms with van der Waals surface area (Å²) in [6, 6.07) is 28.9. The highest BCUT2D eigenvalue weighted by atomic mass is 16.6. The van der Waals surface area contributed by atoms with Crippen LogP contribution in [-0.2, 0) is 35.0 Å². The number of carbonyl (C=O) groups is 6. The van der Waals surface area contributed by atoms with Crippen LogP contribution >= 0.6 is 0 Å². The zero-order valence-corrected chi connectivity index (χ0v) is 39.4. The molecule has 0 radical (unpaired) electrons. The van der Waals surface area contributed by atoms with E-state index in [-0.39, 0.29) is 29.6 Å². The van der Waals surface area contributed by atoms with Gasteiger partial charge < -0.3 is 39.8 Å². The molecule has 0 unspecified atom stereocenters. The molecule has 368 valence electrons. The van der Waals surface area contributed by atoms with Crippen molar-refractivity contribution in [2.24, 2.45) is 0 Å². The molecule has 4 N–H and O–H groups in total. The fourth-order valence-electron chi connectivity index (χ4n) is 7.31. The maximum Gasteiger partial charge on any atom is 0.310 e. The first-order valence-electron chi connectivity index (χ1n) is 22.3. The van der Waals surface area contributed by atoms with Crippen molar-refractivity contribution in [1.29, 1.82) is 0 Å². The van der Waals surface area contributed by atoms with Gasteiger partial charge in [-0.1, -0.05) is 40.8 Å². The number of fused-ring (bicyclic) bond motifs is 1. The number of morpholine rings is 2. The van der Waals surface area contributed by atoms with Crippen LogP contribution in [-0.4, -0.2) is 138 Å². The number of carbonyl (C=O) groups excluding carboxylic acids is 5. The minimum atomic E-state index is -0.955. The van der Waals surface area contributed by atoms with Crippen LogP contribution < -0.4 is 11.3 Å². The molecule has 0 bridgehead atoms. The number of aryl methyl sites for hydroxylation is 1. The first-order chi connectivity index (χ1) is 34.1. The van der Waals surface area contributed by atoms with Gasteiger partial charge in [0.2, 0.25) is 0 Å². The van der Waals surface area contributed by atoms with E-state index in [4.69, 9.17) is 20.3 Å². The van der Waals surface area contributed by atoms with Gasteiger partial charge in [0.1, 0.15) is 5.69 Å². The molecule has 21 nitrogen and oxygen atoms in total. The van der Waals surface area contributed by atoms with Gasteiger partial charge >= 0.3 is 17.9 Å². The number of benzene rings is 4. The van der Waals surface area contributed by atoms with Crippen molar-refractivity contribution in [2.45, 2.75) is 34.1 Å². The molecule has 2 amide bonds. The summed E-state index contributed by atoms with van der Waals surface area (Å²) in [4.78, 5) is 85.2. The predicted molar refractivity (Wildman–Crippen MR) is 259 cm³/mol. The second kappa shape index (κ2) is 24.5. The number of hydrogen-bond donors (Lipinski definition) is 3. The standard InChI is InChI=1S/C23H21N5O3.C15H16N4O4.C8H9NO.C4H6O3/c1-15-18-4-2-3-5-19(18)24-22(29)21(15)20-14-28(26-25-20)17-8-6-16(7-9-17)23(30)27-10-12-31-13-11-27;20-14(21)9-12-10-19(17-16-12)13-3-1-11(2-4-13)15(22)18-5-7-23-8-6-18;1-6(10)7-4-2-3-5-8(7)9;1-3(5)7-4(2)6/h2-9,14H,10-13H2,1H3,(H,24,29);1-4,10H,5-9H2,(H,20,21);2-5H,9H2,1H3;1-2H3. The lowest BCUT2D eigenvalue weighted by atomic mass is 10.0. The number of carboxylic acid groups (broad SMARTS) is 1. The van der Waals surface area contributed by atoms with E-state index in [1.165, 1.54) is 25.5 Å². The average Bonchev–Trinajstić information content (AvgIpc) is 4.05. The van der Waals surface area contributed by atoms with E-state index < -0.39 is 17.9 Å². The molecule has 0 spiro atoms. The number of H-pyrrole nitrogens is 1. The van der Waals surface area contributed by atoms with Gasteiger partial charge in [-0.25, -0.2) is 9.36 Å². The van der Waals surface area contributed by atoms with Gasteiger partial charge in [0.25, 0.3) is 17.4 Å². The molecule has 7 aromatic rings. The molecular weight excluding hydrogens is 917 g/mol. The van der Waals surface area contributed by atoms with Crippen LogP contribution in [0.5, 0.6) is 0 Å². The molecule has 2 saturated heterocycles. The molecule has 2 fully saturated rings. The zero-order chi connectivity index (χ0) is 51.0. The minimum Gasteiger partial charge on any atom is -0.481 e. The second-order valence-corrected chi connectivity index (χ2v) is 15.9. The highest BCUT2D eigenvalue weighted by Gasteiger charge is 2.21. The van der Waals surface area contributed by atoms with E-state index in [2.05, 4.69) is 30.3 Å². The van der Waals surface area contributed by atoms with Crippen LogP contribution in [0.25, 0.3) is 33.5 Å². The monoisotopic (exact) mass is 968 g/mol. The van der Waals surface area contributed by atoms with Crippen molar-refractivity contribution in [3.63, 3.8) is 0 Å². The molecule has 0 saturated carbocycles. The van der Waals surface area contributed by atoms with E-state index >= 15 is 0 Å². The number of nitrogens with one attached hydrogen (secondary N) is 1. The lowest BCUT2D eigenvalue weighted by Crippen LogP contribution is -2.40. The molecule has 71 heavy (non-hydrogen) atoms. The number of aromatic amines is 1. The summed E-state index contributed by atoms with van der Waals surface area (Å²) in [5.41, 5.74) is 12.2. The van der Waals surface area contributed by atoms with Crippen molar-refractivity contribution >= 4 is 52.1 Å². The van der Waals surface area contributed by atoms with E-state index in [1.807, 2.05) is 49.4 Å². The Morgan fingerprint density at radius 2 is 1.17 bits per heavy atom. The van der Waals surface area contributed by atoms with Crippen LogP contribution in [0.3, 0.4) is 0 Å². The van der Waals surface area contributed by atoms with Crippen molar-refractivity contribution in [1.82, 2.24) is 44.8 Å². The molecule has 21 heteroatoms. The van der Waals surface area contributed by atoms with Crippen molar-refractivity contribution < 1.29 is 48.1 Å². The van der Waals surface area contributed by atoms with Crippen LogP contribution in [0, 0.1) is 6.92 Å². The fraction of sp³-hybridized carbons (Fsp3) is 0.260. The number of Topliss-reactive ketones (excluding diaryl/α,β-unsaturated/α-hetero) is 1. The number of amides is 2. The largest absolute Gasteiger partial charge is 0.481 e. The number of nitrogens with zero attached hydrogens (tertiary/aromatic N) is 8. The van der Waals surface area contributed by atoms with Gasteiger partial charge in [0.05, 0.1) is 67.9 Å². The van der Waals surface area contributed by atoms with E-state index in [9.17, 15) is 33.6 Å². The van der Waals surface area contributed by atoms with Gasteiger partial charge in [0.15, 0.2) is 5.78 Å². The van der Waals surface area contributed by atoms with Crippen LogP contribution in [0.4, 0.5) is 5.69 Å². The molecule has 0 aliphatic carbocycles. The summed E-state index contributed by atoms with van der Waals surface area (Å²) >= 11 is 0. The molecule has 5 heterocycles. The number of rotatable bonds is 8. The summed E-state index contributed by atoms with van der Waals surface area (Å²) in [6.07, 6.45) is 3.12. The first kappa shape index (κ1) is 51.7. The third-order valence-electron chi connectivity index (χ3n) is 10.8. The molecular formula is C50H52N10O11. The second-order valence-electron chi connectivity index (χ2n) is 15.9. The zero-order valence-electron chi connectivity index (χ0n) is 39.4. The Balaban J connectivity index is 0.000000180. The van der Waals surface area contributed by atoms with Gasteiger partial charge in [-0.05, 0) is 86.1 Å². The molecule has 0 atom stereocenters. The Labute approximate surface area is 406 Å². The topological polar surface area (TPSA) is 277 Å². The highest BCUT2D eigenvalue weighted by Crippen LogP contribution is 2.24. The van der Waals surface area contributed by atoms with Crippen molar-refractivity contribution in [3.8, 4) is 22.6 Å². The lowest BCUT2D eigenvalue weighted by Gasteiger charge is -2.26. The van der Waals surface area contributed by atoms with Crippen LogP contribution in [0.1, 0.15) is 63.1 Å². The Hall–Kier alpha value is -8.69. The summed E-state index contributed by atoms with van der Waals surface area (Å²) in [5, 5.41) is 25.8. The third-order valence-corrected chi connectivity index (χ3v) is 10.8. The number of aromatic nitrogens is 7. The Kier molecular flexibility index (Phi) is 17.9. The first-order valence-corrected chi connectivity index (χ1v) is 22.3. The minimum absolute atomic E-state index is 0.00699. The van der Waals surface area contributed by atoms with Crippen molar-refractivity contribution in [2.75, 3.05) is 58.3 Å². The maximum absolute atomic E-state index is 12.7. The van der Waals surface area contributed by atoms with Crippen LogP contribution in [0.15, 0.2) is 114 Å². The molecule has 2 aliphatic rings. The molecule has 3 aromatic heterocycles. The van der Waals surface area contributed by atoms with E-state index in [0.717, 1.165) is 22.2 Å². The Morgan fingerprint density at radius 3 is 1.65 bits per heavy atom. The molecule has 4 aromatic carbocycles. The number of nitrogens with two attached hydrogens (primary N) is 1. The SMILES string of the molecule is CC(=O)OC(C)=O.CC(=O)c1ccccc1N.Cc1c(-c2cn(-c3ccc(C(=O)N4CCOCC4)cc3)nn2)c(=O)[nH]c2ccccc12.O=C(O)Cc1cn(-c2ccc(C(=O)N3CCOCC3)cc2)nn1. The number of carboxylic acids is 1. The van der Waals surface area contributed by atoms with Gasteiger partial charge in [0, 0.05) is 73.3 Å². The summed E-state index contributed by atoms with van der Waals surface area (Å²) < 4.78 is 17.6. The van der Waals surface area contributed by atoms with Gasteiger partial charge in [-0.15, -0.1) is 10.2 Å². The highest BCUT2D eigenvalue weighted by molar-refractivity contribution is 5.99. The number of pyridine rings is 1. The number of ether oxygens (including phenoxy) is 3. The summed E-state index contributed by atoms with van der Waals surface area (Å²) in [7, 11) is 0. The number of esters is 2. The fourth-order valence-corrected chi connectivity index (χ4v) is 7.31. The maximum atomic E-state index is 12.7. The number of hydrogen-bond acceptors (Lipinski definition) is 15. The van der Waals surface area contributed by atoms with Gasteiger partial charge in [-0.2, -0.15) is 0 Å². The number of nitrogen functional groups attached to an aromatic ring is 1. The Morgan fingerprint density at radius 1 is 0.676 bits per heavy atom. The average molecular weight is 969 g/mol. The predicted octanol–water partition coefficient (Wildman–Crippen LogP) is 4.49. The normalized spacial score (nSPS) is 13.0. The Bertz CT molecular complexity index is 3050. The molecule has 2 aliphatic heterocycles. The number of anilines is 1. The smallest absolute Gasteiger partial charge is 0.310 e. The van der Waals surface area contributed by atoms with Crippen molar-refractivity contribution in [3.05, 3.63) is 148 Å². The summed E-state index contributed by atoms with van der Waals surface area (Å²) in [5.74, 6) is -2.10. The quantitative estimate of drug-likeness (QED) is 0.0819. The van der Waals surface area contributed by atoms with E-state index in [1.54, 1.807) is 81.5 Å². The van der Waals surface area contributed by atoms with Crippen LogP contribution in [0.2, 0.25) is 0 Å². The lowest BCUT2D eigenvalue weighted by molar-refractivity contribution is -0.156. The number of ketones is 1. The van der Waals surface area contributed by atoms with E-state index in [0.29, 0.717) is 97.6 Å². The van der Waals surface area contributed by atoms with Gasteiger partial charge in [-0.3, -0.25) is 33.6 Å². The third kappa shape index (κ3) is 14.2. The number of aliphatic carboxylic acids is 1. The number of para-hydroxylation sites is 2.